The van der Waals surface area contributed by atoms with Crippen molar-refractivity contribution >= 4 is 39.6 Å². The predicted octanol–water partition coefficient (Wildman–Crippen LogP) is 3.39. The molecule has 0 aromatic heterocycles. The van der Waals surface area contributed by atoms with E-state index < -0.39 is 77.0 Å². The van der Waals surface area contributed by atoms with Crippen molar-refractivity contribution in [1.82, 2.24) is 0 Å². The van der Waals surface area contributed by atoms with Crippen molar-refractivity contribution in [3.05, 3.63) is 71.8 Å². The molecule has 42 heavy (non-hydrogen) atoms. The average Bonchev–Trinajstić information content (AvgIpc) is 2.87. The first-order chi connectivity index (χ1) is 19.0. The molecule has 3 aromatic carbocycles. The van der Waals surface area contributed by atoms with Gasteiger partial charge in [0, 0.05) is 12.3 Å². The Hall–Kier alpha value is -3.57. The van der Waals surface area contributed by atoms with E-state index in [-0.39, 0.29) is 21.4 Å². The van der Waals surface area contributed by atoms with Crippen molar-refractivity contribution < 1.29 is 60.5 Å². The van der Waals surface area contributed by atoms with E-state index in [1.807, 2.05) is 0 Å². The van der Waals surface area contributed by atoms with E-state index in [4.69, 9.17) is 4.55 Å². The second kappa shape index (κ2) is 10.6. The maximum atomic E-state index is 14.0. The van der Waals surface area contributed by atoms with Gasteiger partial charge in [0.2, 0.25) is 19.7 Å². The number of ether oxygens (including phenoxy) is 1. The number of rotatable bonds is 9. The van der Waals surface area contributed by atoms with Gasteiger partial charge in [0.15, 0.2) is 9.84 Å². The molecule has 1 N–H and O–H groups in total. The van der Waals surface area contributed by atoms with E-state index in [1.54, 1.807) is 0 Å². The smallest absolute Gasteiger partial charge is 0.427 e. The third-order valence-corrected chi connectivity index (χ3v) is 11.2. The van der Waals surface area contributed by atoms with Gasteiger partial charge >= 0.3 is 21.5 Å². The van der Waals surface area contributed by atoms with Crippen molar-refractivity contribution in [3.63, 3.8) is 0 Å². The number of benzene rings is 3. The fraction of sp³-hybridized carbons (Fsp3) is 0.174. The zero-order valence-electron chi connectivity index (χ0n) is 21.0. The summed E-state index contributed by atoms with van der Waals surface area (Å²) in [6, 6.07) is 9.75. The lowest BCUT2D eigenvalue weighted by atomic mass is 10.1. The normalized spacial score (nSPS) is 13.4. The van der Waals surface area contributed by atoms with Gasteiger partial charge in [0.05, 0.1) is 30.0 Å². The highest BCUT2D eigenvalue weighted by atomic mass is 32.2. The fourth-order valence-corrected chi connectivity index (χ4v) is 7.15. The van der Waals surface area contributed by atoms with E-state index >= 15 is 0 Å². The summed E-state index contributed by atoms with van der Waals surface area (Å²) in [4.78, 5) is -2.62. The fourth-order valence-electron chi connectivity index (χ4n) is 3.42. The summed E-state index contributed by atoms with van der Waals surface area (Å²) in [6.07, 6.45) is -4.98. The first-order valence-corrected chi connectivity index (χ1v) is 17.1. The van der Waals surface area contributed by atoms with Gasteiger partial charge in [-0.3, -0.25) is 4.55 Å². The van der Waals surface area contributed by atoms with Gasteiger partial charge in [0.25, 0.3) is 0 Å². The number of nitriles is 1. The van der Waals surface area contributed by atoms with Crippen molar-refractivity contribution in [1.29, 1.82) is 5.26 Å². The van der Waals surface area contributed by atoms with E-state index in [1.165, 1.54) is 6.07 Å². The minimum absolute atomic E-state index is 0.155. The number of alkyl halides is 4. The topological polar surface area (TPSA) is 190 Å². The van der Waals surface area contributed by atoms with Gasteiger partial charge < -0.3 is 4.74 Å². The molecule has 0 aliphatic rings. The summed E-state index contributed by atoms with van der Waals surface area (Å²) in [7, 11) is -19.5. The molecule has 19 heteroatoms. The summed E-state index contributed by atoms with van der Waals surface area (Å²) in [5.74, 6) is -1.31. The standard InChI is InChI=1S/C23H17F4NO10S4/c1-14-11-15(38-22(24,25)23(26,27)42(35,36)37)12-21(20(14)13-28)41(33,34)19-9-7-18(8-10-19)40(31,32)17-5-3-16(4-6-17)39(2,29)30/h3-12H,1-2H3,(H,35,36,37). The Bertz CT molecular complexity index is 2040. The molecule has 0 amide bonds. The summed E-state index contributed by atoms with van der Waals surface area (Å²) in [6.45, 7) is 1.04. The van der Waals surface area contributed by atoms with Crippen LogP contribution in [0.15, 0.2) is 85.1 Å². The zero-order chi connectivity index (χ0) is 32.1. The lowest BCUT2D eigenvalue weighted by Crippen LogP contribution is -2.50. The summed E-state index contributed by atoms with van der Waals surface area (Å²) >= 11 is 0. The Kier molecular flexibility index (Phi) is 8.32. The highest BCUT2D eigenvalue weighted by molar-refractivity contribution is 7.92. The minimum atomic E-state index is -6.68. The van der Waals surface area contributed by atoms with Crippen molar-refractivity contribution in [2.75, 3.05) is 6.26 Å². The van der Waals surface area contributed by atoms with Crippen LogP contribution in [-0.4, -0.2) is 55.8 Å². The maximum absolute atomic E-state index is 14.0. The van der Waals surface area contributed by atoms with Crippen LogP contribution in [-0.2, 0) is 39.6 Å². The molecule has 0 radical (unpaired) electrons. The maximum Gasteiger partial charge on any atom is 0.483 e. The molecular formula is C23H17F4NO10S4. The molecule has 0 heterocycles. The van der Waals surface area contributed by atoms with Crippen molar-refractivity contribution in [2.45, 2.75) is 42.8 Å². The van der Waals surface area contributed by atoms with Crippen LogP contribution in [0, 0.1) is 18.3 Å². The summed E-state index contributed by atoms with van der Waals surface area (Å²) in [5, 5.41) is 3.32. The van der Waals surface area contributed by atoms with Gasteiger partial charge in [-0.25, -0.2) is 25.3 Å². The molecule has 0 atom stereocenters. The molecule has 0 spiro atoms. The van der Waals surface area contributed by atoms with Crippen LogP contribution in [0.4, 0.5) is 17.6 Å². The van der Waals surface area contributed by atoms with Gasteiger partial charge in [-0.05, 0) is 67.1 Å². The van der Waals surface area contributed by atoms with E-state index in [0.717, 1.165) is 61.7 Å². The Morgan fingerprint density at radius 3 is 1.52 bits per heavy atom. The molecule has 0 unspecified atom stereocenters. The van der Waals surface area contributed by atoms with Gasteiger partial charge in [0.1, 0.15) is 11.8 Å². The molecule has 11 nitrogen and oxygen atoms in total. The van der Waals surface area contributed by atoms with Crippen LogP contribution in [0.5, 0.6) is 5.75 Å². The van der Waals surface area contributed by atoms with Crippen molar-refractivity contribution in [2.24, 2.45) is 0 Å². The van der Waals surface area contributed by atoms with E-state index in [9.17, 15) is 56.5 Å². The summed E-state index contributed by atoms with van der Waals surface area (Å²) in [5.41, 5.74) is -0.994. The van der Waals surface area contributed by atoms with E-state index in [0.29, 0.717) is 6.07 Å². The second-order valence-electron chi connectivity index (χ2n) is 8.56. The van der Waals surface area contributed by atoms with Crippen LogP contribution in [0.25, 0.3) is 0 Å². The molecule has 0 aliphatic heterocycles. The monoisotopic (exact) mass is 671 g/mol. The third kappa shape index (κ3) is 5.98. The molecule has 0 bridgehead atoms. The Labute approximate surface area is 237 Å². The van der Waals surface area contributed by atoms with Crippen molar-refractivity contribution in [3.8, 4) is 11.8 Å². The van der Waals surface area contributed by atoms with Crippen LogP contribution >= 0.6 is 0 Å². The highest BCUT2D eigenvalue weighted by Crippen LogP contribution is 2.41. The van der Waals surface area contributed by atoms with Crippen LogP contribution in [0.3, 0.4) is 0 Å². The highest BCUT2D eigenvalue weighted by Gasteiger charge is 2.69. The Balaban J connectivity index is 2.06. The molecule has 3 rings (SSSR count). The van der Waals surface area contributed by atoms with Crippen LogP contribution in [0.1, 0.15) is 11.1 Å². The first kappa shape index (κ1) is 32.9. The SMILES string of the molecule is Cc1cc(OC(F)(F)C(F)(F)S(=O)(=O)O)cc(S(=O)(=O)c2ccc(S(=O)(=O)c3ccc(S(C)(=O)=O)cc3)cc2)c1C#N. The third-order valence-electron chi connectivity index (χ3n) is 5.59. The number of aryl methyl sites for hydroxylation is 1. The quantitative estimate of drug-likeness (QED) is 0.259. The molecule has 0 saturated heterocycles. The Morgan fingerprint density at radius 1 is 0.738 bits per heavy atom. The minimum Gasteiger partial charge on any atom is -0.427 e. The van der Waals surface area contributed by atoms with Gasteiger partial charge in [-0.1, -0.05) is 0 Å². The molecule has 3 aromatic rings. The van der Waals surface area contributed by atoms with Gasteiger partial charge in [-0.15, -0.1) is 0 Å². The van der Waals surface area contributed by atoms with Crippen LogP contribution < -0.4 is 4.74 Å². The molecule has 0 saturated carbocycles. The number of hydrogen-bond acceptors (Lipinski definition) is 10. The van der Waals surface area contributed by atoms with E-state index in [2.05, 4.69) is 4.74 Å². The summed E-state index contributed by atoms with van der Waals surface area (Å²) < 4.78 is 165. The lowest BCUT2D eigenvalue weighted by molar-refractivity contribution is -0.274. The number of halogens is 4. The number of hydrogen-bond donors (Lipinski definition) is 1. The van der Waals surface area contributed by atoms with Gasteiger partial charge in [-0.2, -0.15) is 31.2 Å². The molecule has 226 valence electrons. The molecule has 0 fully saturated rings. The number of nitrogens with zero attached hydrogens (tertiary/aromatic N) is 1. The van der Waals surface area contributed by atoms with Crippen LogP contribution in [0.2, 0.25) is 0 Å². The Morgan fingerprint density at radius 2 is 1.14 bits per heavy atom. The second-order valence-corrected chi connectivity index (χ2v) is 15.9. The molecule has 0 aliphatic carbocycles. The predicted molar refractivity (Wildman–Crippen MR) is 135 cm³/mol. The largest absolute Gasteiger partial charge is 0.483 e. The average molecular weight is 672 g/mol. The molecular weight excluding hydrogens is 655 g/mol. The zero-order valence-corrected chi connectivity index (χ0v) is 24.3. The lowest BCUT2D eigenvalue weighted by Gasteiger charge is -2.24. The number of sulfone groups is 3. The first-order valence-electron chi connectivity index (χ1n) is 10.8.